The maximum atomic E-state index is 12.2. The average Bonchev–Trinajstić information content (AvgIpc) is 2.97. The zero-order valence-corrected chi connectivity index (χ0v) is 27.9. The first-order chi connectivity index (χ1) is 19.9. The van der Waals surface area contributed by atoms with E-state index in [9.17, 15) is 14.3 Å². The summed E-state index contributed by atoms with van der Waals surface area (Å²) in [4.78, 5) is 22.0. The molecule has 1 aromatic rings. The monoisotopic (exact) mass is 614 g/mol. The average molecular weight is 615 g/mol. The molecule has 0 bridgehead atoms. The van der Waals surface area contributed by atoms with E-state index in [2.05, 4.69) is 20.8 Å². The molecule has 3 unspecified atom stereocenters. The van der Waals surface area contributed by atoms with Crippen LogP contribution in [0.3, 0.4) is 0 Å². The number of hydrogen-bond acceptors (Lipinski definition) is 6. The van der Waals surface area contributed by atoms with Gasteiger partial charge in [-0.2, -0.15) is 11.8 Å². The molecule has 238 valence electrons. The normalized spacial score (nSPS) is 14.4. The number of carbonyl (C=O) groups excluding carboxylic acids is 1. The molecule has 3 atom stereocenters. The molecule has 0 saturated heterocycles. The topological polar surface area (TPSA) is 82.1 Å². The lowest BCUT2D eigenvalue weighted by Gasteiger charge is -2.24. The molecule has 0 aliphatic heterocycles. The van der Waals surface area contributed by atoms with E-state index in [1.807, 2.05) is 30.0 Å². The molecule has 1 aromatic carbocycles. The lowest BCUT2D eigenvalue weighted by Crippen LogP contribution is -2.25. The highest BCUT2D eigenvalue weighted by Crippen LogP contribution is 2.44. The largest absolute Gasteiger partial charge is 0.452 e. The van der Waals surface area contributed by atoms with Gasteiger partial charge in [0.15, 0.2) is 0 Å². The van der Waals surface area contributed by atoms with E-state index in [4.69, 9.17) is 14.0 Å². The van der Waals surface area contributed by atoms with Crippen LogP contribution in [0.5, 0.6) is 0 Å². The van der Waals surface area contributed by atoms with Gasteiger partial charge in [0.1, 0.15) is 6.61 Å². The van der Waals surface area contributed by atoms with Gasteiger partial charge < -0.3 is 18.9 Å². The summed E-state index contributed by atoms with van der Waals surface area (Å²) in [5, 5.41) is 0.452. The molecule has 6 nitrogen and oxygen atoms in total. The minimum atomic E-state index is -4.49. The number of thioether (sulfide) groups is 1. The van der Waals surface area contributed by atoms with Crippen molar-refractivity contribution in [2.45, 2.75) is 148 Å². The van der Waals surface area contributed by atoms with Crippen molar-refractivity contribution in [1.29, 1.82) is 0 Å². The summed E-state index contributed by atoms with van der Waals surface area (Å²) in [7, 11) is -4.49. The van der Waals surface area contributed by atoms with Crippen molar-refractivity contribution in [2.75, 3.05) is 19.0 Å². The SMILES string of the molecule is CCCCCCCCCCSC(CCCCCCCCC)C(C)OCCCOP(=O)(O)C(=O)OCc1ccccc1. The second kappa shape index (κ2) is 25.6. The maximum absolute atomic E-state index is 12.2. The van der Waals surface area contributed by atoms with Crippen molar-refractivity contribution in [3.63, 3.8) is 0 Å². The zero-order valence-electron chi connectivity index (χ0n) is 26.2. The van der Waals surface area contributed by atoms with Gasteiger partial charge in [0.2, 0.25) is 0 Å². The Morgan fingerprint density at radius 1 is 0.805 bits per heavy atom. The molecule has 8 heteroatoms. The Bertz CT molecular complexity index is 793. The minimum Gasteiger partial charge on any atom is -0.452 e. The zero-order chi connectivity index (χ0) is 30.0. The smallest absolute Gasteiger partial charge is 0.435 e. The second-order valence-electron chi connectivity index (χ2n) is 11.1. The van der Waals surface area contributed by atoms with Crippen LogP contribution in [0.25, 0.3) is 0 Å². The van der Waals surface area contributed by atoms with Gasteiger partial charge in [-0.3, -0.25) is 0 Å². The third-order valence-electron chi connectivity index (χ3n) is 7.32. The first-order valence-corrected chi connectivity index (χ1v) is 18.9. The van der Waals surface area contributed by atoms with E-state index >= 15 is 0 Å². The molecule has 0 amide bonds. The summed E-state index contributed by atoms with van der Waals surface area (Å²) in [6.07, 6.45) is 21.5. The number of carbonyl (C=O) groups is 1. The van der Waals surface area contributed by atoms with Crippen molar-refractivity contribution in [3.8, 4) is 0 Å². The van der Waals surface area contributed by atoms with Crippen molar-refractivity contribution in [2.24, 2.45) is 0 Å². The van der Waals surface area contributed by atoms with Gasteiger partial charge in [-0.25, -0.2) is 9.36 Å². The summed E-state index contributed by atoms with van der Waals surface area (Å²) in [5.74, 6) is 1.17. The van der Waals surface area contributed by atoms with Gasteiger partial charge in [-0.05, 0) is 37.5 Å². The van der Waals surface area contributed by atoms with Crippen LogP contribution in [0.4, 0.5) is 4.79 Å². The van der Waals surface area contributed by atoms with Crippen LogP contribution < -0.4 is 0 Å². The Balaban J connectivity index is 2.33. The Labute approximate surface area is 255 Å². The lowest BCUT2D eigenvalue weighted by molar-refractivity contribution is 0.0535. The Morgan fingerprint density at radius 3 is 1.98 bits per heavy atom. The quantitative estimate of drug-likeness (QED) is 0.0742. The standard InChI is InChI=1S/C33H59O6PS/c1-4-6-8-10-12-14-16-21-28-41-32(25-20-15-13-11-9-7-5-2)30(3)37-26-22-27-39-40(35,36)33(34)38-29-31-23-18-17-19-24-31/h17-19,23-24,30,32H,4-16,20-22,25-29H2,1-3H3,(H,35,36). The van der Waals surface area contributed by atoms with E-state index in [0.717, 1.165) is 12.0 Å². The highest BCUT2D eigenvalue weighted by Gasteiger charge is 2.32. The van der Waals surface area contributed by atoms with E-state index in [-0.39, 0.29) is 19.3 Å². The molecule has 1 rings (SSSR count). The van der Waals surface area contributed by atoms with Crippen molar-refractivity contribution < 1.29 is 28.3 Å². The molecular formula is C33H59O6PS. The summed E-state index contributed by atoms with van der Waals surface area (Å²) in [5.41, 5.74) is -0.475. The van der Waals surface area contributed by atoms with Gasteiger partial charge in [0, 0.05) is 11.9 Å². The Hall–Kier alpha value is -0.850. The predicted molar refractivity (Wildman–Crippen MR) is 174 cm³/mol. The molecule has 0 fully saturated rings. The van der Waals surface area contributed by atoms with Gasteiger partial charge in [0.25, 0.3) is 0 Å². The summed E-state index contributed by atoms with van der Waals surface area (Å²) in [6.45, 7) is 6.99. The van der Waals surface area contributed by atoms with Gasteiger partial charge >= 0.3 is 13.3 Å². The molecule has 0 aromatic heterocycles. The van der Waals surface area contributed by atoms with Crippen LogP contribution in [0.15, 0.2) is 30.3 Å². The Morgan fingerprint density at radius 2 is 1.37 bits per heavy atom. The fourth-order valence-corrected chi connectivity index (χ4v) is 6.77. The molecule has 0 aliphatic rings. The fraction of sp³-hybridized carbons (Fsp3) is 0.788. The molecule has 0 aliphatic carbocycles. The van der Waals surface area contributed by atoms with E-state index in [1.165, 1.54) is 102 Å². The van der Waals surface area contributed by atoms with Gasteiger partial charge in [0.05, 0.1) is 12.7 Å². The molecule has 1 N–H and O–H groups in total. The molecule has 0 spiro atoms. The highest BCUT2D eigenvalue weighted by molar-refractivity contribution is 7.99. The number of benzene rings is 1. The van der Waals surface area contributed by atoms with E-state index in [1.54, 1.807) is 12.1 Å². The van der Waals surface area contributed by atoms with Crippen molar-refractivity contribution >= 4 is 25.1 Å². The van der Waals surface area contributed by atoms with Crippen molar-refractivity contribution in [1.82, 2.24) is 0 Å². The first kappa shape index (κ1) is 38.2. The van der Waals surface area contributed by atoms with Crippen LogP contribution >= 0.6 is 19.4 Å². The van der Waals surface area contributed by atoms with Crippen LogP contribution in [-0.4, -0.2) is 40.9 Å². The number of rotatable bonds is 28. The third-order valence-corrected chi connectivity index (χ3v) is 10.0. The molecule has 41 heavy (non-hydrogen) atoms. The predicted octanol–water partition coefficient (Wildman–Crippen LogP) is 10.7. The van der Waals surface area contributed by atoms with Crippen LogP contribution in [-0.2, 0) is 25.2 Å². The maximum Gasteiger partial charge on any atom is 0.435 e. The second-order valence-corrected chi connectivity index (χ2v) is 14.1. The van der Waals surface area contributed by atoms with Crippen LogP contribution in [0, 0.1) is 0 Å². The van der Waals surface area contributed by atoms with Crippen LogP contribution in [0.2, 0.25) is 0 Å². The Kier molecular flexibility index (Phi) is 23.9. The summed E-state index contributed by atoms with van der Waals surface area (Å²) >= 11 is 2.05. The van der Waals surface area contributed by atoms with E-state index in [0.29, 0.717) is 18.3 Å². The van der Waals surface area contributed by atoms with Gasteiger partial charge in [-0.15, -0.1) is 0 Å². The van der Waals surface area contributed by atoms with Gasteiger partial charge in [-0.1, -0.05) is 134 Å². The van der Waals surface area contributed by atoms with Crippen LogP contribution in [0.1, 0.15) is 135 Å². The summed E-state index contributed by atoms with van der Waals surface area (Å²) < 4.78 is 28.4. The molecule has 0 saturated carbocycles. The number of hydrogen-bond donors (Lipinski definition) is 1. The van der Waals surface area contributed by atoms with E-state index < -0.39 is 13.3 Å². The molecule has 0 radical (unpaired) electrons. The molecular weight excluding hydrogens is 555 g/mol. The summed E-state index contributed by atoms with van der Waals surface area (Å²) in [6, 6.07) is 9.04. The number of unbranched alkanes of at least 4 members (excludes halogenated alkanes) is 13. The first-order valence-electron chi connectivity index (χ1n) is 16.3. The fourth-order valence-electron chi connectivity index (χ4n) is 4.70. The highest BCUT2D eigenvalue weighted by atomic mass is 32.2. The lowest BCUT2D eigenvalue weighted by atomic mass is 10.1. The number of ether oxygens (including phenoxy) is 2. The third kappa shape index (κ3) is 20.7. The minimum absolute atomic E-state index is 0.0330. The molecule has 0 heterocycles. The van der Waals surface area contributed by atoms with Crippen molar-refractivity contribution in [3.05, 3.63) is 35.9 Å².